The highest BCUT2D eigenvalue weighted by atomic mass is 19.1. The first-order valence-corrected chi connectivity index (χ1v) is 10.5. The first kappa shape index (κ1) is 20.0. The molecule has 0 amide bonds. The van der Waals surface area contributed by atoms with Crippen LogP contribution in [0.15, 0.2) is 48.5 Å². The minimum atomic E-state index is -1.61. The quantitative estimate of drug-likeness (QED) is 0.698. The van der Waals surface area contributed by atoms with Crippen molar-refractivity contribution in [1.82, 2.24) is 0 Å². The normalized spacial score (nSPS) is 28.6. The second-order valence-electron chi connectivity index (χ2n) is 9.35. The molecule has 2 N–H and O–H groups in total. The van der Waals surface area contributed by atoms with Crippen LogP contribution in [0, 0.1) is 17.8 Å². The minimum absolute atomic E-state index is 0.0955. The molecule has 0 aliphatic heterocycles. The summed E-state index contributed by atoms with van der Waals surface area (Å²) in [7, 11) is 0. The number of aliphatic hydroxyl groups is 1. The third kappa shape index (κ3) is 4.05. The van der Waals surface area contributed by atoms with Gasteiger partial charge < -0.3 is 10.2 Å². The molecule has 29 heavy (non-hydrogen) atoms. The van der Waals surface area contributed by atoms with E-state index in [9.17, 15) is 14.6 Å². The fraction of sp³-hybridized carbons (Fsp3) is 0.462. The number of fused-ring (bicyclic) bond motifs is 3. The molecule has 2 aromatic rings. The van der Waals surface area contributed by atoms with Gasteiger partial charge in [-0.15, -0.1) is 0 Å². The summed E-state index contributed by atoms with van der Waals surface area (Å²) in [5.41, 5.74) is 0.935. The molecule has 2 nitrogen and oxygen atoms in total. The fourth-order valence-electron chi connectivity index (χ4n) is 5.34. The predicted octanol–water partition coefficient (Wildman–Crippen LogP) is 5.10. The summed E-state index contributed by atoms with van der Waals surface area (Å²) in [5.74, 6) is 6.06. The number of rotatable bonds is 2. The maximum absolute atomic E-state index is 13.9. The smallest absolute Gasteiger partial charge is 0.165 e. The van der Waals surface area contributed by atoms with Gasteiger partial charge in [0.15, 0.2) is 5.67 Å². The average Bonchev–Trinajstić information content (AvgIpc) is 2.67. The molecule has 152 valence electrons. The topological polar surface area (TPSA) is 40.5 Å². The van der Waals surface area contributed by atoms with Gasteiger partial charge in [0, 0.05) is 5.41 Å². The van der Waals surface area contributed by atoms with Gasteiger partial charge in [-0.25, -0.2) is 4.39 Å². The van der Waals surface area contributed by atoms with Crippen molar-refractivity contribution < 1.29 is 14.6 Å². The van der Waals surface area contributed by atoms with Gasteiger partial charge in [0.1, 0.15) is 11.4 Å². The highest BCUT2D eigenvalue weighted by molar-refractivity contribution is 5.45. The standard InChI is InChI=1S/C26H29FO2/c1-24(2,27)12-13-25(29)14-15-26(17-19-6-4-3-5-7-19)21(18-25)9-8-20-16-22(28)10-11-23(20)26/h3-7,10-11,16,21,28-29H,8-9,14-15,17-18H2,1-2H3/t21-,25+,26+/m1/s1. The number of alkyl halides is 1. The third-order valence-electron chi connectivity index (χ3n) is 6.69. The molecular formula is C26H29FO2. The van der Waals surface area contributed by atoms with Crippen LogP contribution >= 0.6 is 0 Å². The number of benzene rings is 2. The van der Waals surface area contributed by atoms with E-state index < -0.39 is 11.3 Å². The summed E-state index contributed by atoms with van der Waals surface area (Å²) in [4.78, 5) is 0. The Balaban J connectivity index is 1.74. The minimum Gasteiger partial charge on any atom is -0.508 e. The van der Waals surface area contributed by atoms with Gasteiger partial charge >= 0.3 is 0 Å². The van der Waals surface area contributed by atoms with Crippen LogP contribution in [0.3, 0.4) is 0 Å². The lowest BCUT2D eigenvalue weighted by Gasteiger charge is -2.52. The molecule has 2 aliphatic rings. The average molecular weight is 393 g/mol. The molecule has 0 spiro atoms. The monoisotopic (exact) mass is 392 g/mol. The number of aryl methyl sites for hydroxylation is 1. The first-order valence-electron chi connectivity index (χ1n) is 10.5. The van der Waals surface area contributed by atoms with Crippen molar-refractivity contribution in [3.63, 3.8) is 0 Å². The van der Waals surface area contributed by atoms with Crippen LogP contribution in [-0.2, 0) is 18.3 Å². The second kappa shape index (κ2) is 7.18. The molecule has 1 saturated carbocycles. The van der Waals surface area contributed by atoms with Crippen molar-refractivity contribution in [2.75, 3.05) is 0 Å². The van der Waals surface area contributed by atoms with E-state index in [1.165, 1.54) is 30.5 Å². The van der Waals surface area contributed by atoms with E-state index in [0.29, 0.717) is 18.6 Å². The lowest BCUT2D eigenvalue weighted by Crippen LogP contribution is -2.51. The zero-order chi connectivity index (χ0) is 20.7. The Morgan fingerprint density at radius 2 is 1.90 bits per heavy atom. The van der Waals surface area contributed by atoms with E-state index in [1.54, 1.807) is 6.07 Å². The lowest BCUT2D eigenvalue weighted by atomic mass is 9.52. The highest BCUT2D eigenvalue weighted by Crippen LogP contribution is 2.54. The number of aromatic hydroxyl groups is 1. The molecule has 2 aliphatic carbocycles. The van der Waals surface area contributed by atoms with Crippen LogP contribution in [0.4, 0.5) is 4.39 Å². The van der Waals surface area contributed by atoms with E-state index >= 15 is 0 Å². The van der Waals surface area contributed by atoms with Gasteiger partial charge in [0.25, 0.3) is 0 Å². The molecule has 0 saturated heterocycles. The number of phenols is 1. The molecule has 0 aromatic heterocycles. The van der Waals surface area contributed by atoms with Crippen LogP contribution in [0.25, 0.3) is 0 Å². The molecule has 2 aromatic carbocycles. The van der Waals surface area contributed by atoms with Gasteiger partial charge in [-0.3, -0.25) is 0 Å². The lowest BCUT2D eigenvalue weighted by molar-refractivity contribution is -0.00832. The van der Waals surface area contributed by atoms with Gasteiger partial charge in [-0.05, 0) is 87.1 Å². The number of hydrogen-bond acceptors (Lipinski definition) is 2. The molecule has 0 unspecified atom stereocenters. The number of halogens is 1. The Kier molecular flexibility index (Phi) is 4.95. The Morgan fingerprint density at radius 1 is 1.14 bits per heavy atom. The zero-order valence-corrected chi connectivity index (χ0v) is 17.2. The summed E-state index contributed by atoms with van der Waals surface area (Å²) < 4.78 is 13.9. The first-order chi connectivity index (χ1) is 13.7. The second-order valence-corrected chi connectivity index (χ2v) is 9.35. The van der Waals surface area contributed by atoms with E-state index in [0.717, 1.165) is 25.7 Å². The highest BCUT2D eigenvalue weighted by Gasteiger charge is 2.51. The van der Waals surface area contributed by atoms with E-state index in [4.69, 9.17) is 0 Å². The van der Waals surface area contributed by atoms with E-state index in [1.807, 2.05) is 12.1 Å². The third-order valence-corrected chi connectivity index (χ3v) is 6.69. The van der Waals surface area contributed by atoms with E-state index in [2.05, 4.69) is 42.2 Å². The number of hydrogen-bond donors (Lipinski definition) is 2. The van der Waals surface area contributed by atoms with Crippen LogP contribution in [0.2, 0.25) is 0 Å². The van der Waals surface area contributed by atoms with Crippen molar-refractivity contribution in [3.8, 4) is 17.6 Å². The molecule has 0 bridgehead atoms. The predicted molar refractivity (Wildman–Crippen MR) is 114 cm³/mol. The summed E-state index contributed by atoms with van der Waals surface area (Å²) in [6.45, 7) is 2.85. The molecule has 3 atom stereocenters. The maximum atomic E-state index is 13.9. The molecule has 1 fully saturated rings. The summed E-state index contributed by atoms with van der Waals surface area (Å²) in [5, 5.41) is 21.2. The van der Waals surface area contributed by atoms with Crippen molar-refractivity contribution in [1.29, 1.82) is 0 Å². The van der Waals surface area contributed by atoms with Crippen LogP contribution in [0.5, 0.6) is 5.75 Å². The summed E-state index contributed by atoms with van der Waals surface area (Å²) in [6, 6.07) is 16.2. The molecule has 4 rings (SSSR count). The summed E-state index contributed by atoms with van der Waals surface area (Å²) in [6.07, 6.45) is 4.59. The van der Waals surface area contributed by atoms with Gasteiger partial charge in [0.05, 0.1) is 0 Å². The molecule has 3 heteroatoms. The Bertz CT molecular complexity index is 950. The van der Waals surface area contributed by atoms with Crippen molar-refractivity contribution >= 4 is 0 Å². The van der Waals surface area contributed by atoms with Crippen LogP contribution in [0.1, 0.15) is 56.2 Å². The molecule has 0 heterocycles. The van der Waals surface area contributed by atoms with Crippen LogP contribution in [-0.4, -0.2) is 21.5 Å². The van der Waals surface area contributed by atoms with Gasteiger partial charge in [0.2, 0.25) is 0 Å². The molecular weight excluding hydrogens is 363 g/mol. The zero-order valence-electron chi connectivity index (χ0n) is 17.2. The largest absolute Gasteiger partial charge is 0.508 e. The summed E-state index contributed by atoms with van der Waals surface area (Å²) >= 11 is 0. The van der Waals surface area contributed by atoms with E-state index in [-0.39, 0.29) is 11.3 Å². The number of phenolic OH excluding ortho intramolecular Hbond substituents is 1. The van der Waals surface area contributed by atoms with Crippen molar-refractivity contribution in [2.24, 2.45) is 5.92 Å². The fourth-order valence-corrected chi connectivity index (χ4v) is 5.34. The Morgan fingerprint density at radius 3 is 2.62 bits per heavy atom. The Hall–Kier alpha value is -2.31. The van der Waals surface area contributed by atoms with Crippen molar-refractivity contribution in [2.45, 2.75) is 69.1 Å². The molecule has 0 radical (unpaired) electrons. The van der Waals surface area contributed by atoms with Crippen molar-refractivity contribution in [3.05, 3.63) is 65.2 Å². The van der Waals surface area contributed by atoms with Gasteiger partial charge in [-0.2, -0.15) is 0 Å². The SMILES string of the molecule is CC(C)(F)C#C[C@]1(O)CC[C@@]2(Cc3ccccc3)c3ccc(O)cc3CC[C@@H]2C1. The van der Waals surface area contributed by atoms with Gasteiger partial charge in [-0.1, -0.05) is 48.2 Å². The Labute approximate surface area is 172 Å². The maximum Gasteiger partial charge on any atom is 0.165 e. The van der Waals surface area contributed by atoms with Crippen LogP contribution < -0.4 is 0 Å².